The highest BCUT2D eigenvalue weighted by atomic mass is 16.4. The first-order chi connectivity index (χ1) is 45.1. The Bertz CT molecular complexity index is 3040. The Morgan fingerprint density at radius 3 is 1.56 bits per heavy atom. The molecule has 0 bridgehead atoms. The Hall–Kier alpha value is -9.88. The fraction of sp³-hybridized carbons (Fsp3) is 0.593. The van der Waals surface area contributed by atoms with Gasteiger partial charge in [-0.1, -0.05) is 58.0 Å². The van der Waals surface area contributed by atoms with Crippen molar-refractivity contribution < 1.29 is 87.5 Å². The number of benzene rings is 1. The van der Waals surface area contributed by atoms with Gasteiger partial charge in [-0.15, -0.1) is 0 Å². The molecule has 2 aromatic rings. The van der Waals surface area contributed by atoms with Crippen LogP contribution in [-0.4, -0.2) is 229 Å². The number of rotatable bonds is 41. The van der Waals surface area contributed by atoms with Gasteiger partial charge in [-0.05, 0) is 69.8 Å². The molecular weight excluding hydrogens is 1260 g/mol. The molecule has 1 aliphatic heterocycles. The monoisotopic (exact) mass is 1360 g/mol. The predicted molar refractivity (Wildman–Crippen MR) is 340 cm³/mol. The van der Waals surface area contributed by atoms with E-state index in [9.17, 15) is 87.5 Å². The molecule has 13 amide bonds. The van der Waals surface area contributed by atoms with Crippen LogP contribution in [0.15, 0.2) is 47.8 Å². The van der Waals surface area contributed by atoms with Crippen molar-refractivity contribution in [1.82, 2.24) is 68.0 Å². The molecule has 1 aromatic carbocycles. The number of guanidine groups is 1. The minimum absolute atomic E-state index is 0.00801. The van der Waals surface area contributed by atoms with E-state index in [1.165, 1.54) is 40.2 Å². The van der Waals surface area contributed by atoms with Crippen LogP contribution in [0.25, 0.3) is 0 Å². The molecule has 1 fully saturated rings. The topological polar surface area (TPSA) is 615 Å². The van der Waals surface area contributed by atoms with Gasteiger partial charge in [0.15, 0.2) is 5.96 Å². The number of nitrogens with zero attached hydrogens (tertiary/aromatic N) is 3. The summed E-state index contributed by atoms with van der Waals surface area (Å²) in [4.78, 5) is 200. The highest BCUT2D eigenvalue weighted by Gasteiger charge is 2.40. The van der Waals surface area contributed by atoms with E-state index in [1.54, 1.807) is 44.2 Å². The number of carbonyl (C=O) groups is 14. The second-order valence-corrected chi connectivity index (χ2v) is 23.7. The number of aromatic nitrogens is 2. The van der Waals surface area contributed by atoms with Gasteiger partial charge in [-0.3, -0.25) is 67.3 Å². The number of nitrogens with two attached hydrogens (primary N) is 5. The number of primary amides is 2. The predicted octanol–water partition coefficient (Wildman–Crippen LogP) is -8.27. The Morgan fingerprint density at radius 1 is 0.594 bits per heavy atom. The summed E-state index contributed by atoms with van der Waals surface area (Å²) >= 11 is 0. The molecule has 3 rings (SSSR count). The Kier molecular flexibility index (Phi) is 33.3. The summed E-state index contributed by atoms with van der Waals surface area (Å²) < 4.78 is 0. The van der Waals surface area contributed by atoms with E-state index in [-0.39, 0.29) is 56.8 Å². The lowest BCUT2D eigenvalue weighted by molar-refractivity contribution is -0.150. The SMILES string of the molecule is CC(C)[C@H](NC(=O)CNC(=O)[C@H](Cc1ccccc1)NC(=O)[C@@H](NC(=O)[C@@H](N)[C@@H](C)O)[C@@H](C)O)C(=O)N[C@@H](Cc1cnc[nH]1)C(=O)N[C@@H](CCC(N)=O)C(=O)N[C@H](C(=O)N[C@@H](CCCN=C(N)N)C(=O)N[C@@H](CCC(N)=O)C(=O)N[C@@H](CO)C(=O)N1CCC[C@H]1C(=O)O)C(C)C. The van der Waals surface area contributed by atoms with E-state index < -0.39 is 212 Å². The number of likely N-dealkylation sites (tertiary alicyclic amines) is 1. The van der Waals surface area contributed by atoms with Crippen molar-refractivity contribution in [3.63, 3.8) is 0 Å². The van der Waals surface area contributed by atoms with E-state index in [4.69, 9.17) is 28.7 Å². The van der Waals surface area contributed by atoms with Crippen molar-refractivity contribution in [3.05, 3.63) is 54.1 Å². The minimum atomic E-state index is -1.69. The molecule has 0 aliphatic carbocycles. The van der Waals surface area contributed by atoms with Gasteiger partial charge in [0.25, 0.3) is 0 Å². The van der Waals surface area contributed by atoms with Gasteiger partial charge in [-0.2, -0.15) is 0 Å². The lowest BCUT2D eigenvalue weighted by Crippen LogP contribution is -2.61. The quantitative estimate of drug-likeness (QED) is 0.0167. The zero-order valence-electron chi connectivity index (χ0n) is 54.3. The number of nitrogens with one attached hydrogen (secondary N) is 11. The summed E-state index contributed by atoms with van der Waals surface area (Å²) in [6.45, 7) is 6.71. The normalized spacial score (nSPS) is 16.5. The van der Waals surface area contributed by atoms with Crippen LogP contribution in [0.3, 0.4) is 0 Å². The molecule has 532 valence electrons. The maximum absolute atomic E-state index is 14.5. The first-order valence-electron chi connectivity index (χ1n) is 31.0. The number of H-pyrrole nitrogens is 1. The molecule has 13 atom stereocenters. The molecule has 37 heteroatoms. The van der Waals surface area contributed by atoms with Crippen LogP contribution in [0.5, 0.6) is 0 Å². The zero-order valence-corrected chi connectivity index (χ0v) is 54.3. The van der Waals surface area contributed by atoms with Crippen molar-refractivity contribution in [3.8, 4) is 0 Å². The van der Waals surface area contributed by atoms with Gasteiger partial charge in [0.05, 0.1) is 31.7 Å². The van der Waals surface area contributed by atoms with Crippen LogP contribution < -0.4 is 81.8 Å². The first-order valence-corrected chi connectivity index (χ1v) is 31.0. The number of aliphatic imine (C=N–C) groups is 1. The molecule has 37 nitrogen and oxygen atoms in total. The summed E-state index contributed by atoms with van der Waals surface area (Å²) in [6.07, 6.45) is -2.45. The number of aliphatic hydroxyl groups is 3. The molecule has 2 heterocycles. The fourth-order valence-electron chi connectivity index (χ4n) is 9.75. The smallest absolute Gasteiger partial charge is 0.326 e. The maximum atomic E-state index is 14.5. The van der Waals surface area contributed by atoms with Crippen molar-refractivity contribution in [2.75, 3.05) is 26.2 Å². The number of carboxylic acids is 1. The zero-order chi connectivity index (χ0) is 72.1. The van der Waals surface area contributed by atoms with E-state index >= 15 is 0 Å². The summed E-state index contributed by atoms with van der Waals surface area (Å²) in [6, 6.07) is -8.59. The van der Waals surface area contributed by atoms with Crippen LogP contribution in [0.2, 0.25) is 0 Å². The van der Waals surface area contributed by atoms with Crippen LogP contribution >= 0.6 is 0 Å². The third-order valence-electron chi connectivity index (χ3n) is 15.2. The van der Waals surface area contributed by atoms with Crippen molar-refractivity contribution >= 4 is 88.7 Å². The maximum Gasteiger partial charge on any atom is 0.326 e. The van der Waals surface area contributed by atoms with Crippen LogP contribution in [0, 0.1) is 11.8 Å². The number of aliphatic carboxylic acids is 1. The number of amides is 13. The van der Waals surface area contributed by atoms with Gasteiger partial charge < -0.3 is 112 Å². The van der Waals surface area contributed by atoms with Gasteiger partial charge in [-0.25, -0.2) is 9.78 Å². The van der Waals surface area contributed by atoms with Crippen LogP contribution in [0.1, 0.15) is 104 Å². The summed E-state index contributed by atoms with van der Waals surface area (Å²) in [5, 5.41) is 64.5. The molecule has 0 spiro atoms. The largest absolute Gasteiger partial charge is 0.480 e. The average Bonchev–Trinajstić information content (AvgIpc) is 1.56. The standard InChI is InChI=1S/C59H93N19O18/c1-28(2)45(75-43(84)25-67-48(85)37(22-32-12-8-7-9-13-32)72-56(93)47(31(6)81)77-53(90)44(62)30(5)80)54(91)73-38(23-33-24-65-27-68-33)52(89)70-36(17-19-42(61)83)51(88)76-46(29(3)4)55(92)71-34(14-10-20-66-59(63)64)49(86)69-35(16-18-41(60)82)50(87)74-39(26-79)57(94)78-21-11-15-40(78)58(95)96/h7-9,12-13,24,27-31,34-40,44-47,79-81H,10-11,14-23,25-26,62H2,1-6H3,(H2,60,82)(H2,61,83)(H,65,68)(H,67,85)(H,69,86)(H,70,89)(H,71,92)(H,72,93)(H,73,91)(H,74,87)(H,75,84)(H,76,88)(H,77,90)(H,95,96)(H4,63,64,66)/t30-,31-,34+,35+,36+,37+,38+,39+,40+,44+,45+,46+,47+/m1/s1. The second kappa shape index (κ2) is 39.7. The van der Waals surface area contributed by atoms with Crippen LogP contribution in [0.4, 0.5) is 0 Å². The summed E-state index contributed by atoms with van der Waals surface area (Å²) in [5.74, 6) is -15.9. The Labute approximate surface area is 552 Å². The Morgan fingerprint density at radius 2 is 1.07 bits per heavy atom. The molecule has 0 unspecified atom stereocenters. The number of aromatic amines is 1. The third kappa shape index (κ3) is 26.9. The lowest BCUT2D eigenvalue weighted by atomic mass is 10.00. The molecule has 0 saturated carbocycles. The average molecular weight is 1360 g/mol. The Balaban J connectivity index is 1.88. The van der Waals surface area contributed by atoms with E-state index in [0.29, 0.717) is 12.0 Å². The third-order valence-corrected chi connectivity index (χ3v) is 15.2. The molecule has 1 aromatic heterocycles. The second-order valence-electron chi connectivity index (χ2n) is 23.7. The summed E-state index contributed by atoms with van der Waals surface area (Å²) in [7, 11) is 0. The van der Waals surface area contributed by atoms with Gasteiger partial charge in [0.2, 0.25) is 76.8 Å². The number of hydrogen-bond donors (Lipinski definition) is 20. The van der Waals surface area contributed by atoms with E-state index in [1.807, 2.05) is 0 Å². The van der Waals surface area contributed by atoms with Gasteiger partial charge in [0.1, 0.15) is 66.5 Å². The van der Waals surface area contributed by atoms with Gasteiger partial charge in [0, 0.05) is 50.7 Å². The summed E-state index contributed by atoms with van der Waals surface area (Å²) in [5.41, 5.74) is 28.4. The molecule has 0 radical (unpaired) electrons. The number of carbonyl (C=O) groups excluding carboxylic acids is 13. The van der Waals surface area contributed by atoms with E-state index in [0.717, 1.165) is 4.90 Å². The number of carboxylic acid groups (broad SMARTS) is 1. The number of aliphatic hydroxyl groups excluding tert-OH is 3. The number of imidazole rings is 1. The highest BCUT2D eigenvalue weighted by Crippen LogP contribution is 2.19. The lowest BCUT2D eigenvalue weighted by Gasteiger charge is -2.29. The molecule has 25 N–H and O–H groups in total. The molecule has 1 aliphatic rings. The van der Waals surface area contributed by atoms with Crippen LogP contribution in [-0.2, 0) is 80.0 Å². The fourth-order valence-corrected chi connectivity index (χ4v) is 9.75. The molecule has 1 saturated heterocycles. The number of hydrogen-bond acceptors (Lipinski definition) is 20. The highest BCUT2D eigenvalue weighted by molar-refractivity contribution is 5.99. The van der Waals surface area contributed by atoms with Gasteiger partial charge >= 0.3 is 5.97 Å². The van der Waals surface area contributed by atoms with Crippen molar-refractivity contribution in [2.24, 2.45) is 45.5 Å². The first kappa shape index (κ1) is 80.4. The van der Waals surface area contributed by atoms with Crippen molar-refractivity contribution in [2.45, 2.75) is 184 Å². The molecular formula is C59H93N19O18. The minimum Gasteiger partial charge on any atom is -0.480 e. The molecule has 96 heavy (non-hydrogen) atoms. The van der Waals surface area contributed by atoms with E-state index in [2.05, 4.69) is 68.1 Å². The van der Waals surface area contributed by atoms with Crippen molar-refractivity contribution in [1.29, 1.82) is 0 Å².